The smallest absolute Gasteiger partial charge is 0.266 e. The molecule has 2 aromatic rings. The van der Waals surface area contributed by atoms with E-state index in [9.17, 15) is 17.6 Å². The minimum absolute atomic E-state index is 0.165. The first-order valence-corrected chi connectivity index (χ1v) is 7.58. The van der Waals surface area contributed by atoms with Crippen LogP contribution in [0, 0.1) is 5.82 Å². The average Bonchev–Trinajstić information content (AvgIpc) is 2.45. The van der Waals surface area contributed by atoms with Gasteiger partial charge in [0, 0.05) is 10.6 Å². The number of carbonyl (C=O) groups excluding carboxylic acids is 1. The fourth-order valence-corrected chi connectivity index (χ4v) is 2.64. The van der Waals surface area contributed by atoms with Gasteiger partial charge in [-0.1, -0.05) is 29.8 Å². The highest BCUT2D eigenvalue weighted by molar-refractivity contribution is 7.89. The van der Waals surface area contributed by atoms with E-state index in [1.807, 2.05) is 10.3 Å². The van der Waals surface area contributed by atoms with E-state index in [0.29, 0.717) is 5.02 Å². The van der Waals surface area contributed by atoms with E-state index in [0.717, 1.165) is 12.1 Å². The maximum atomic E-state index is 13.4. The van der Waals surface area contributed by atoms with Crippen molar-refractivity contribution in [3.8, 4) is 0 Å². The predicted molar refractivity (Wildman–Crippen MR) is 75.6 cm³/mol. The molecule has 2 aromatic carbocycles. The number of sulfonamides is 1. The number of hydrogen-bond donors (Lipinski definition) is 2. The van der Waals surface area contributed by atoms with E-state index >= 15 is 0 Å². The first-order valence-electron chi connectivity index (χ1n) is 5.72. The number of rotatable bonds is 4. The number of nitrogens with one attached hydrogen (secondary N) is 2. The maximum absolute atomic E-state index is 13.4. The van der Waals surface area contributed by atoms with Crippen LogP contribution in [-0.2, 0) is 10.0 Å². The van der Waals surface area contributed by atoms with Gasteiger partial charge < -0.3 is 0 Å². The Bertz CT molecular complexity index is 780. The van der Waals surface area contributed by atoms with E-state index in [2.05, 4.69) is 0 Å². The summed E-state index contributed by atoms with van der Waals surface area (Å²) in [7, 11) is -4.19. The van der Waals surface area contributed by atoms with Crippen LogP contribution >= 0.6 is 11.6 Å². The zero-order valence-corrected chi connectivity index (χ0v) is 12.1. The average molecular weight is 329 g/mol. The Morgan fingerprint density at radius 3 is 2.48 bits per heavy atom. The van der Waals surface area contributed by atoms with Crippen LogP contribution in [0.15, 0.2) is 53.4 Å². The van der Waals surface area contributed by atoms with Gasteiger partial charge in [-0.05, 0) is 30.3 Å². The van der Waals surface area contributed by atoms with Crippen molar-refractivity contribution in [2.45, 2.75) is 4.90 Å². The molecule has 8 heteroatoms. The summed E-state index contributed by atoms with van der Waals surface area (Å²) in [4.78, 5) is 13.0. The highest BCUT2D eigenvalue weighted by Gasteiger charge is 2.19. The quantitative estimate of drug-likeness (QED) is 0.844. The van der Waals surface area contributed by atoms with Gasteiger partial charge in [0.05, 0.1) is 0 Å². The first-order chi connectivity index (χ1) is 9.90. The molecule has 0 aromatic heterocycles. The molecule has 1 amide bonds. The Kier molecular flexibility index (Phi) is 4.56. The van der Waals surface area contributed by atoms with Crippen molar-refractivity contribution in [2.75, 3.05) is 0 Å². The standard InChI is InChI=1S/C13H10ClFN2O3S/c14-10-5-3-4-9(8-10)13(18)16-17-21(19,20)12-7-2-1-6-11(12)15/h1-8,17H,(H,16,18). The van der Waals surface area contributed by atoms with Crippen molar-refractivity contribution < 1.29 is 17.6 Å². The van der Waals surface area contributed by atoms with Crippen LogP contribution in [0.1, 0.15) is 10.4 Å². The molecule has 2 rings (SSSR count). The molecule has 2 N–H and O–H groups in total. The van der Waals surface area contributed by atoms with Crippen LogP contribution in [0.4, 0.5) is 4.39 Å². The third-order valence-corrected chi connectivity index (χ3v) is 4.03. The molecule has 0 aliphatic rings. The summed E-state index contributed by atoms with van der Waals surface area (Å²) in [6.07, 6.45) is 0. The topological polar surface area (TPSA) is 75.3 Å². The van der Waals surface area contributed by atoms with Crippen LogP contribution in [0.5, 0.6) is 0 Å². The summed E-state index contributed by atoms with van der Waals surface area (Å²) in [5.41, 5.74) is 2.16. The van der Waals surface area contributed by atoms with Crippen molar-refractivity contribution in [1.29, 1.82) is 0 Å². The molecule has 0 bridgehead atoms. The largest absolute Gasteiger partial charge is 0.273 e. The van der Waals surface area contributed by atoms with Crippen LogP contribution in [0.2, 0.25) is 5.02 Å². The van der Waals surface area contributed by atoms with E-state index in [1.54, 1.807) is 12.1 Å². The monoisotopic (exact) mass is 328 g/mol. The summed E-state index contributed by atoms with van der Waals surface area (Å²) >= 11 is 5.73. The molecule has 5 nitrogen and oxygen atoms in total. The lowest BCUT2D eigenvalue weighted by Gasteiger charge is -2.09. The maximum Gasteiger partial charge on any atom is 0.266 e. The van der Waals surface area contributed by atoms with Gasteiger partial charge in [-0.15, -0.1) is 4.83 Å². The number of amides is 1. The molecule has 0 saturated carbocycles. The molecule has 110 valence electrons. The zero-order chi connectivity index (χ0) is 15.5. The van der Waals surface area contributed by atoms with E-state index in [4.69, 9.17) is 11.6 Å². The van der Waals surface area contributed by atoms with Crippen molar-refractivity contribution in [1.82, 2.24) is 10.3 Å². The SMILES string of the molecule is O=C(NNS(=O)(=O)c1ccccc1F)c1cccc(Cl)c1. The summed E-state index contributed by atoms with van der Waals surface area (Å²) in [6, 6.07) is 10.8. The van der Waals surface area contributed by atoms with Crippen molar-refractivity contribution in [2.24, 2.45) is 0 Å². The lowest BCUT2D eigenvalue weighted by atomic mass is 10.2. The predicted octanol–water partition coefficient (Wildman–Crippen LogP) is 2.10. The molecule has 0 radical (unpaired) electrons. The molecule has 0 saturated heterocycles. The van der Waals surface area contributed by atoms with Gasteiger partial charge in [0.2, 0.25) is 0 Å². The minimum Gasteiger partial charge on any atom is -0.273 e. The van der Waals surface area contributed by atoms with Crippen LogP contribution in [0.3, 0.4) is 0 Å². The van der Waals surface area contributed by atoms with Gasteiger partial charge in [-0.2, -0.15) is 0 Å². The lowest BCUT2D eigenvalue weighted by molar-refractivity contribution is 0.0945. The van der Waals surface area contributed by atoms with Gasteiger partial charge in [-0.25, -0.2) is 12.8 Å². The van der Waals surface area contributed by atoms with Gasteiger partial charge in [0.25, 0.3) is 15.9 Å². The second kappa shape index (κ2) is 6.21. The van der Waals surface area contributed by atoms with Gasteiger partial charge in [-0.3, -0.25) is 10.2 Å². The summed E-state index contributed by atoms with van der Waals surface area (Å²) < 4.78 is 37.2. The fourth-order valence-electron chi connectivity index (χ4n) is 1.53. The Morgan fingerprint density at radius 2 is 1.81 bits per heavy atom. The van der Waals surface area contributed by atoms with Crippen LogP contribution in [0.25, 0.3) is 0 Å². The Morgan fingerprint density at radius 1 is 1.10 bits per heavy atom. The number of benzene rings is 2. The zero-order valence-electron chi connectivity index (χ0n) is 10.5. The van der Waals surface area contributed by atoms with E-state index < -0.39 is 26.6 Å². The molecule has 0 aliphatic carbocycles. The molecule has 21 heavy (non-hydrogen) atoms. The Hall–Kier alpha value is -1.96. The number of hydrogen-bond acceptors (Lipinski definition) is 3. The summed E-state index contributed by atoms with van der Waals surface area (Å²) in [6.45, 7) is 0. The Balaban J connectivity index is 2.12. The summed E-state index contributed by atoms with van der Waals surface area (Å²) in [5, 5.41) is 0.333. The fraction of sp³-hybridized carbons (Fsp3) is 0. The second-order valence-corrected chi connectivity index (χ2v) is 6.09. The van der Waals surface area contributed by atoms with Crippen molar-refractivity contribution in [3.63, 3.8) is 0 Å². The molecular formula is C13H10ClFN2O3S. The Labute approximate surface area is 125 Å². The molecule has 0 heterocycles. The van der Waals surface area contributed by atoms with Gasteiger partial charge >= 0.3 is 0 Å². The highest BCUT2D eigenvalue weighted by atomic mass is 35.5. The number of carbonyl (C=O) groups is 1. The molecule has 0 unspecified atom stereocenters. The van der Waals surface area contributed by atoms with Gasteiger partial charge in [0.15, 0.2) is 0 Å². The molecule has 0 fully saturated rings. The van der Waals surface area contributed by atoms with E-state index in [1.165, 1.54) is 24.3 Å². The lowest BCUT2D eigenvalue weighted by Crippen LogP contribution is -2.41. The van der Waals surface area contributed by atoms with Gasteiger partial charge in [0.1, 0.15) is 10.7 Å². The summed E-state index contributed by atoms with van der Waals surface area (Å²) in [5.74, 6) is -1.63. The molecular weight excluding hydrogens is 319 g/mol. The van der Waals surface area contributed by atoms with E-state index in [-0.39, 0.29) is 5.56 Å². The number of halogens is 2. The minimum atomic E-state index is -4.19. The number of hydrazine groups is 1. The van der Waals surface area contributed by atoms with Crippen LogP contribution in [-0.4, -0.2) is 14.3 Å². The normalized spacial score (nSPS) is 11.1. The molecule has 0 aliphatic heterocycles. The third-order valence-electron chi connectivity index (χ3n) is 2.51. The third kappa shape index (κ3) is 3.78. The molecule has 0 spiro atoms. The first kappa shape index (κ1) is 15.4. The second-order valence-electron chi connectivity index (χ2n) is 4.00. The highest BCUT2D eigenvalue weighted by Crippen LogP contribution is 2.13. The molecule has 0 atom stereocenters. The van der Waals surface area contributed by atoms with Crippen molar-refractivity contribution >= 4 is 27.5 Å². The van der Waals surface area contributed by atoms with Crippen LogP contribution < -0.4 is 10.3 Å². The van der Waals surface area contributed by atoms with Crippen molar-refractivity contribution in [3.05, 3.63) is 64.9 Å².